The van der Waals surface area contributed by atoms with Gasteiger partial charge in [0.15, 0.2) is 0 Å². The minimum absolute atomic E-state index is 0.297. The third kappa shape index (κ3) is 1.86. The van der Waals surface area contributed by atoms with Crippen molar-refractivity contribution in [1.29, 1.82) is 0 Å². The van der Waals surface area contributed by atoms with Gasteiger partial charge < -0.3 is 4.74 Å². The number of rotatable bonds is 2. The van der Waals surface area contributed by atoms with Crippen molar-refractivity contribution in [3.05, 3.63) is 29.1 Å². The lowest BCUT2D eigenvalue weighted by molar-refractivity contribution is 0.0599. The van der Waals surface area contributed by atoms with Crippen molar-refractivity contribution in [2.45, 2.75) is 20.3 Å². The van der Waals surface area contributed by atoms with Crippen LogP contribution in [0, 0.1) is 6.92 Å². The highest BCUT2D eigenvalue weighted by atomic mass is 16.5. The highest BCUT2D eigenvalue weighted by Crippen LogP contribution is 2.12. The highest BCUT2D eigenvalue weighted by molar-refractivity contribution is 5.91. The van der Waals surface area contributed by atoms with Gasteiger partial charge in [-0.3, -0.25) is 4.98 Å². The van der Waals surface area contributed by atoms with Gasteiger partial charge >= 0.3 is 5.97 Å². The van der Waals surface area contributed by atoms with Gasteiger partial charge in [0, 0.05) is 11.9 Å². The molecule has 0 fully saturated rings. The molecule has 0 aliphatic rings. The molecule has 1 aromatic heterocycles. The van der Waals surface area contributed by atoms with Gasteiger partial charge in [0.2, 0.25) is 0 Å². The largest absolute Gasteiger partial charge is 0.465 e. The van der Waals surface area contributed by atoms with Crippen molar-refractivity contribution in [2.24, 2.45) is 0 Å². The van der Waals surface area contributed by atoms with Crippen LogP contribution in [0.3, 0.4) is 0 Å². The summed E-state index contributed by atoms with van der Waals surface area (Å²) >= 11 is 0. The molecular formula is C10H13NO2. The van der Waals surface area contributed by atoms with Crippen LogP contribution < -0.4 is 0 Å². The number of aromatic nitrogens is 1. The second-order valence-electron chi connectivity index (χ2n) is 2.78. The van der Waals surface area contributed by atoms with E-state index in [0.29, 0.717) is 5.56 Å². The van der Waals surface area contributed by atoms with Crippen LogP contribution in [-0.2, 0) is 11.2 Å². The summed E-state index contributed by atoms with van der Waals surface area (Å²) in [5, 5.41) is 0. The fraction of sp³-hybridized carbons (Fsp3) is 0.400. The van der Waals surface area contributed by atoms with E-state index in [2.05, 4.69) is 9.72 Å². The van der Waals surface area contributed by atoms with Crippen LogP contribution in [0.4, 0.5) is 0 Å². The van der Waals surface area contributed by atoms with Crippen LogP contribution in [0.15, 0.2) is 12.3 Å². The monoisotopic (exact) mass is 179 g/mol. The molecule has 1 aromatic rings. The minimum Gasteiger partial charge on any atom is -0.465 e. The van der Waals surface area contributed by atoms with E-state index in [0.717, 1.165) is 17.7 Å². The number of hydrogen-bond acceptors (Lipinski definition) is 3. The van der Waals surface area contributed by atoms with E-state index >= 15 is 0 Å². The van der Waals surface area contributed by atoms with Crippen molar-refractivity contribution in [1.82, 2.24) is 4.98 Å². The van der Waals surface area contributed by atoms with Crippen molar-refractivity contribution >= 4 is 5.97 Å². The quantitative estimate of drug-likeness (QED) is 0.649. The first-order valence-electron chi connectivity index (χ1n) is 4.23. The zero-order valence-electron chi connectivity index (χ0n) is 8.13. The molecule has 70 valence electrons. The zero-order valence-corrected chi connectivity index (χ0v) is 8.13. The normalized spacial score (nSPS) is 9.77. The lowest BCUT2D eigenvalue weighted by atomic mass is 10.1. The number of aryl methyl sites for hydroxylation is 1. The predicted molar refractivity (Wildman–Crippen MR) is 49.7 cm³/mol. The van der Waals surface area contributed by atoms with Crippen LogP contribution in [0.2, 0.25) is 0 Å². The second kappa shape index (κ2) is 4.03. The number of carbonyl (C=O) groups is 1. The molecule has 0 aliphatic heterocycles. The summed E-state index contributed by atoms with van der Waals surface area (Å²) in [7, 11) is 1.38. The molecule has 0 atom stereocenters. The van der Waals surface area contributed by atoms with E-state index in [9.17, 15) is 4.79 Å². The van der Waals surface area contributed by atoms with Crippen LogP contribution in [0.5, 0.6) is 0 Å². The van der Waals surface area contributed by atoms with Crippen LogP contribution in [0.25, 0.3) is 0 Å². The Morgan fingerprint density at radius 1 is 1.62 bits per heavy atom. The molecule has 0 radical (unpaired) electrons. The van der Waals surface area contributed by atoms with E-state index in [1.807, 2.05) is 13.8 Å². The van der Waals surface area contributed by atoms with E-state index in [1.54, 1.807) is 12.3 Å². The molecule has 0 N–H and O–H groups in total. The molecule has 13 heavy (non-hydrogen) atoms. The molecule has 0 unspecified atom stereocenters. The lowest BCUT2D eigenvalue weighted by Crippen LogP contribution is -2.06. The molecule has 3 nitrogen and oxygen atoms in total. The van der Waals surface area contributed by atoms with Gasteiger partial charge in [-0.25, -0.2) is 4.79 Å². The van der Waals surface area contributed by atoms with Gasteiger partial charge in [-0.1, -0.05) is 6.92 Å². The van der Waals surface area contributed by atoms with Gasteiger partial charge in [-0.05, 0) is 25.0 Å². The summed E-state index contributed by atoms with van der Waals surface area (Å²) in [5.41, 5.74) is 2.47. The number of esters is 1. The van der Waals surface area contributed by atoms with Gasteiger partial charge in [-0.15, -0.1) is 0 Å². The van der Waals surface area contributed by atoms with Crippen LogP contribution >= 0.6 is 0 Å². The highest BCUT2D eigenvalue weighted by Gasteiger charge is 2.11. The Kier molecular flexibility index (Phi) is 3.01. The Morgan fingerprint density at radius 3 is 2.85 bits per heavy atom. The fourth-order valence-corrected chi connectivity index (χ4v) is 1.27. The number of nitrogens with zero attached hydrogens (tertiary/aromatic N) is 1. The number of ether oxygens (including phenoxy) is 1. The van der Waals surface area contributed by atoms with Crippen molar-refractivity contribution in [3.63, 3.8) is 0 Å². The Hall–Kier alpha value is -1.38. The average Bonchev–Trinajstić information content (AvgIpc) is 2.17. The van der Waals surface area contributed by atoms with Gasteiger partial charge in [-0.2, -0.15) is 0 Å². The minimum atomic E-state index is -0.297. The number of carbonyl (C=O) groups excluding carboxylic acids is 1. The maximum absolute atomic E-state index is 11.3. The number of methoxy groups -OCH3 is 1. The fourth-order valence-electron chi connectivity index (χ4n) is 1.27. The third-order valence-electron chi connectivity index (χ3n) is 2.05. The molecule has 0 spiro atoms. The molecule has 0 bridgehead atoms. The number of pyridine rings is 1. The van der Waals surface area contributed by atoms with Gasteiger partial charge in [0.25, 0.3) is 0 Å². The third-order valence-corrected chi connectivity index (χ3v) is 2.05. The molecule has 3 heteroatoms. The van der Waals surface area contributed by atoms with Crippen LogP contribution in [-0.4, -0.2) is 18.1 Å². The molecule has 0 amide bonds. The van der Waals surface area contributed by atoms with Crippen LogP contribution in [0.1, 0.15) is 28.5 Å². The maximum Gasteiger partial charge on any atom is 0.338 e. The summed E-state index contributed by atoms with van der Waals surface area (Å²) in [6.07, 6.45) is 2.47. The summed E-state index contributed by atoms with van der Waals surface area (Å²) in [4.78, 5) is 15.4. The maximum atomic E-state index is 11.3. The van der Waals surface area contributed by atoms with Crippen molar-refractivity contribution in [3.8, 4) is 0 Å². The standard InChI is InChI=1S/C10H13NO2/c1-4-9-7(2)8(5-6-11-9)10(12)13-3/h5-6H,4H2,1-3H3. The Balaban J connectivity index is 3.15. The van der Waals surface area contributed by atoms with Gasteiger partial charge in [0.1, 0.15) is 0 Å². The first-order valence-corrected chi connectivity index (χ1v) is 4.23. The topological polar surface area (TPSA) is 39.2 Å². The summed E-state index contributed by atoms with van der Waals surface area (Å²) in [6.45, 7) is 3.90. The first kappa shape index (κ1) is 9.71. The Bertz CT molecular complexity index is 321. The Labute approximate surface area is 77.8 Å². The summed E-state index contributed by atoms with van der Waals surface area (Å²) < 4.78 is 4.65. The smallest absolute Gasteiger partial charge is 0.338 e. The van der Waals surface area contributed by atoms with E-state index < -0.39 is 0 Å². The first-order chi connectivity index (χ1) is 6.20. The van der Waals surface area contributed by atoms with Gasteiger partial charge in [0.05, 0.1) is 12.7 Å². The van der Waals surface area contributed by atoms with E-state index in [4.69, 9.17) is 0 Å². The average molecular weight is 179 g/mol. The van der Waals surface area contributed by atoms with Crippen molar-refractivity contribution < 1.29 is 9.53 Å². The number of hydrogen-bond donors (Lipinski definition) is 0. The summed E-state index contributed by atoms with van der Waals surface area (Å²) in [6, 6.07) is 1.68. The second-order valence-corrected chi connectivity index (χ2v) is 2.78. The predicted octanol–water partition coefficient (Wildman–Crippen LogP) is 1.74. The summed E-state index contributed by atoms with van der Waals surface area (Å²) in [5.74, 6) is -0.297. The molecule has 0 saturated carbocycles. The Morgan fingerprint density at radius 2 is 2.31 bits per heavy atom. The molecule has 1 rings (SSSR count). The molecule has 0 aromatic carbocycles. The lowest BCUT2D eigenvalue weighted by Gasteiger charge is -2.06. The zero-order chi connectivity index (χ0) is 9.84. The molecular weight excluding hydrogens is 166 g/mol. The molecule has 0 saturated heterocycles. The van der Waals surface area contributed by atoms with Crippen molar-refractivity contribution in [2.75, 3.05) is 7.11 Å². The van der Waals surface area contributed by atoms with E-state index in [1.165, 1.54) is 7.11 Å². The van der Waals surface area contributed by atoms with E-state index in [-0.39, 0.29) is 5.97 Å². The SMILES string of the molecule is CCc1nccc(C(=O)OC)c1C. The molecule has 1 heterocycles. The molecule has 0 aliphatic carbocycles.